The Morgan fingerprint density at radius 1 is 1.42 bits per heavy atom. The van der Waals surface area contributed by atoms with Gasteiger partial charge < -0.3 is 0 Å². The zero-order valence-corrected chi connectivity index (χ0v) is 8.39. The van der Waals surface area contributed by atoms with E-state index in [2.05, 4.69) is 44.8 Å². The first-order valence-electron chi connectivity index (χ1n) is 4.49. The van der Waals surface area contributed by atoms with Gasteiger partial charge >= 0.3 is 0 Å². The molecule has 1 heteroatoms. The Morgan fingerprint density at radius 3 is 2.67 bits per heavy atom. The lowest BCUT2D eigenvalue weighted by atomic mass is 9.85. The van der Waals surface area contributed by atoms with Crippen molar-refractivity contribution in [3.63, 3.8) is 0 Å². The van der Waals surface area contributed by atoms with Crippen LogP contribution < -0.4 is 0 Å². The number of hydrogen-bond donors (Lipinski definition) is 0. The first-order valence-corrected chi connectivity index (χ1v) is 4.49. The quantitative estimate of drug-likeness (QED) is 0.562. The molecule has 0 amide bonds. The number of hydrogen-bond acceptors (Lipinski definition) is 1. The Morgan fingerprint density at radius 2 is 2.08 bits per heavy atom. The lowest BCUT2D eigenvalue weighted by Gasteiger charge is -2.20. The average molecular weight is 163 g/mol. The second-order valence-corrected chi connectivity index (χ2v) is 3.86. The number of aliphatic imine (C=N–C) groups is 1. The van der Waals surface area contributed by atoms with Crippen molar-refractivity contribution in [2.45, 2.75) is 34.1 Å². The highest BCUT2D eigenvalue weighted by Gasteiger charge is 2.20. The molecule has 0 saturated carbocycles. The van der Waals surface area contributed by atoms with E-state index in [-0.39, 0.29) is 5.41 Å². The summed E-state index contributed by atoms with van der Waals surface area (Å²) < 4.78 is 0. The molecule has 1 aliphatic heterocycles. The Labute approximate surface area is 74.9 Å². The predicted octanol–water partition coefficient (Wildman–Crippen LogP) is 3.34. The standard InChI is InChI=1S/C11H17N/c1-5-10-11(3,4)7-6-9(2)8-12-10/h6-8H,5H2,1-4H3. The maximum atomic E-state index is 4.47. The second-order valence-electron chi connectivity index (χ2n) is 3.86. The first-order chi connectivity index (χ1) is 5.56. The lowest BCUT2D eigenvalue weighted by Crippen LogP contribution is -2.20. The van der Waals surface area contributed by atoms with E-state index in [0.717, 1.165) is 6.42 Å². The molecule has 1 heterocycles. The molecular formula is C11H17N. The van der Waals surface area contributed by atoms with Crippen LogP contribution in [-0.2, 0) is 0 Å². The molecule has 1 rings (SSSR count). The van der Waals surface area contributed by atoms with Gasteiger partial charge in [0.1, 0.15) is 0 Å². The van der Waals surface area contributed by atoms with Crippen molar-refractivity contribution in [1.82, 2.24) is 0 Å². The van der Waals surface area contributed by atoms with Crippen LogP contribution in [0.15, 0.2) is 28.9 Å². The molecule has 0 aromatic carbocycles. The Kier molecular flexibility index (Phi) is 2.51. The highest BCUT2D eigenvalue weighted by atomic mass is 14.7. The van der Waals surface area contributed by atoms with Gasteiger partial charge in [0.05, 0.1) is 0 Å². The third-order valence-electron chi connectivity index (χ3n) is 2.27. The molecule has 0 spiro atoms. The molecule has 0 radical (unpaired) electrons. The molecule has 66 valence electrons. The molecule has 0 atom stereocenters. The average Bonchev–Trinajstić information content (AvgIpc) is 2.12. The molecule has 0 N–H and O–H groups in total. The summed E-state index contributed by atoms with van der Waals surface area (Å²) >= 11 is 0. The van der Waals surface area contributed by atoms with Crippen LogP contribution in [0.4, 0.5) is 0 Å². The molecule has 12 heavy (non-hydrogen) atoms. The van der Waals surface area contributed by atoms with Crippen LogP contribution in [0.3, 0.4) is 0 Å². The molecule has 0 bridgehead atoms. The molecule has 0 aromatic heterocycles. The molecular weight excluding hydrogens is 146 g/mol. The zero-order chi connectivity index (χ0) is 9.19. The minimum atomic E-state index is 0.128. The fraction of sp³-hybridized carbons (Fsp3) is 0.545. The van der Waals surface area contributed by atoms with Crippen LogP contribution in [0, 0.1) is 5.41 Å². The highest BCUT2D eigenvalue weighted by molar-refractivity contribution is 5.92. The van der Waals surface area contributed by atoms with Crippen LogP contribution in [0.25, 0.3) is 0 Å². The maximum absolute atomic E-state index is 4.47. The van der Waals surface area contributed by atoms with Gasteiger partial charge in [0.25, 0.3) is 0 Å². The van der Waals surface area contributed by atoms with Crippen molar-refractivity contribution < 1.29 is 0 Å². The normalized spacial score (nSPS) is 21.3. The Bertz CT molecular complexity index is 254. The van der Waals surface area contributed by atoms with Crippen LogP contribution in [0.1, 0.15) is 34.1 Å². The van der Waals surface area contributed by atoms with Gasteiger partial charge in [0.15, 0.2) is 0 Å². The zero-order valence-electron chi connectivity index (χ0n) is 8.39. The topological polar surface area (TPSA) is 12.4 Å². The van der Waals surface area contributed by atoms with E-state index in [0.29, 0.717) is 0 Å². The van der Waals surface area contributed by atoms with Crippen molar-refractivity contribution in [2.75, 3.05) is 0 Å². The second kappa shape index (κ2) is 3.26. The fourth-order valence-electron chi connectivity index (χ4n) is 1.37. The molecule has 0 aliphatic carbocycles. The third-order valence-corrected chi connectivity index (χ3v) is 2.27. The third kappa shape index (κ3) is 1.84. The molecule has 0 saturated heterocycles. The first kappa shape index (κ1) is 9.24. The fourth-order valence-corrected chi connectivity index (χ4v) is 1.37. The maximum Gasteiger partial charge on any atom is 0.0296 e. The minimum absolute atomic E-state index is 0.128. The van der Waals surface area contributed by atoms with E-state index in [1.807, 2.05) is 6.20 Å². The highest BCUT2D eigenvalue weighted by Crippen LogP contribution is 2.24. The summed E-state index contributed by atoms with van der Waals surface area (Å²) in [5, 5.41) is 0. The van der Waals surface area contributed by atoms with Crippen LogP contribution >= 0.6 is 0 Å². The van der Waals surface area contributed by atoms with Gasteiger partial charge in [-0.1, -0.05) is 32.9 Å². The predicted molar refractivity (Wildman–Crippen MR) is 54.4 cm³/mol. The summed E-state index contributed by atoms with van der Waals surface area (Å²) in [7, 11) is 0. The summed E-state index contributed by atoms with van der Waals surface area (Å²) in [4.78, 5) is 4.47. The SMILES string of the molecule is CCC1=NC=C(C)C=CC1(C)C. The largest absolute Gasteiger partial charge is 0.265 e. The van der Waals surface area contributed by atoms with Crippen LogP contribution in [0.2, 0.25) is 0 Å². The number of nitrogens with zero attached hydrogens (tertiary/aromatic N) is 1. The van der Waals surface area contributed by atoms with Gasteiger partial charge in [-0.05, 0) is 18.9 Å². The summed E-state index contributed by atoms with van der Waals surface area (Å²) in [5.74, 6) is 0. The van der Waals surface area contributed by atoms with Gasteiger partial charge in [-0.25, -0.2) is 0 Å². The van der Waals surface area contributed by atoms with Crippen molar-refractivity contribution in [3.05, 3.63) is 23.9 Å². The van der Waals surface area contributed by atoms with Crippen LogP contribution in [-0.4, -0.2) is 5.71 Å². The Balaban J connectivity index is 3.03. The Hall–Kier alpha value is -0.850. The van der Waals surface area contributed by atoms with Gasteiger partial charge in [-0.2, -0.15) is 0 Å². The lowest BCUT2D eigenvalue weighted by molar-refractivity contribution is 0.662. The van der Waals surface area contributed by atoms with Gasteiger partial charge in [-0.3, -0.25) is 4.99 Å². The monoisotopic (exact) mass is 163 g/mol. The van der Waals surface area contributed by atoms with E-state index in [1.54, 1.807) is 0 Å². The smallest absolute Gasteiger partial charge is 0.0296 e. The minimum Gasteiger partial charge on any atom is -0.265 e. The summed E-state index contributed by atoms with van der Waals surface area (Å²) in [6.45, 7) is 8.65. The van der Waals surface area contributed by atoms with Crippen molar-refractivity contribution in [3.8, 4) is 0 Å². The van der Waals surface area contributed by atoms with Crippen molar-refractivity contribution in [1.29, 1.82) is 0 Å². The summed E-state index contributed by atoms with van der Waals surface area (Å²) in [6.07, 6.45) is 7.35. The van der Waals surface area contributed by atoms with E-state index < -0.39 is 0 Å². The van der Waals surface area contributed by atoms with E-state index in [1.165, 1.54) is 11.3 Å². The van der Waals surface area contributed by atoms with Gasteiger partial charge in [-0.15, -0.1) is 0 Å². The van der Waals surface area contributed by atoms with E-state index >= 15 is 0 Å². The van der Waals surface area contributed by atoms with E-state index in [4.69, 9.17) is 0 Å². The van der Waals surface area contributed by atoms with Crippen molar-refractivity contribution in [2.24, 2.45) is 10.4 Å². The number of rotatable bonds is 1. The van der Waals surface area contributed by atoms with Gasteiger partial charge in [0, 0.05) is 17.3 Å². The number of allylic oxidation sites excluding steroid dienone is 3. The van der Waals surface area contributed by atoms with Crippen LogP contribution in [0.5, 0.6) is 0 Å². The van der Waals surface area contributed by atoms with Gasteiger partial charge in [0.2, 0.25) is 0 Å². The van der Waals surface area contributed by atoms with E-state index in [9.17, 15) is 0 Å². The molecule has 1 nitrogen and oxygen atoms in total. The molecule has 0 aromatic rings. The molecule has 1 aliphatic rings. The summed E-state index contributed by atoms with van der Waals surface area (Å²) in [6, 6.07) is 0. The van der Waals surface area contributed by atoms with Crippen molar-refractivity contribution >= 4 is 5.71 Å². The molecule has 0 fully saturated rings. The molecule has 0 unspecified atom stereocenters. The summed E-state index contributed by atoms with van der Waals surface area (Å²) in [5.41, 5.74) is 2.62.